The zero-order chi connectivity index (χ0) is 19.9. The maximum atomic E-state index is 12.7. The van der Waals surface area contributed by atoms with Crippen molar-refractivity contribution in [2.75, 3.05) is 6.54 Å². The number of nitrogens with zero attached hydrogens (tertiary/aromatic N) is 5. The molecule has 0 unspecified atom stereocenters. The zero-order valence-corrected chi connectivity index (χ0v) is 15.7. The summed E-state index contributed by atoms with van der Waals surface area (Å²) in [6, 6.07) is 6.46. The molecule has 3 aromatic heterocycles. The van der Waals surface area contributed by atoms with Gasteiger partial charge < -0.3 is 0 Å². The van der Waals surface area contributed by atoms with Crippen molar-refractivity contribution in [2.24, 2.45) is 0 Å². The molecule has 0 N–H and O–H groups in total. The molecule has 4 rings (SSSR count). The van der Waals surface area contributed by atoms with E-state index >= 15 is 0 Å². The molecule has 4 heterocycles. The molecule has 0 saturated carbocycles. The Morgan fingerprint density at radius 3 is 2.54 bits per heavy atom. The molecule has 1 aliphatic heterocycles. The Labute approximate surface area is 160 Å². The standard InChI is InChI=1S/C20H20F3N5/c1-13-4-3-7-24-18(13)19-14(2)17-12-27(8-9-28(17)26-19)11-16-6-5-15(10-25-16)20(21,22)23/h3-7,10H,8-9,11-12H2,1-2H3. The van der Waals surface area contributed by atoms with E-state index in [1.807, 2.05) is 30.7 Å². The Morgan fingerprint density at radius 1 is 1.04 bits per heavy atom. The molecule has 0 bridgehead atoms. The van der Waals surface area contributed by atoms with Crippen LogP contribution in [-0.4, -0.2) is 31.2 Å². The average Bonchev–Trinajstić information content (AvgIpc) is 2.98. The molecule has 0 aromatic carbocycles. The molecule has 0 atom stereocenters. The van der Waals surface area contributed by atoms with Gasteiger partial charge in [0.15, 0.2) is 0 Å². The van der Waals surface area contributed by atoms with Gasteiger partial charge in [0.2, 0.25) is 0 Å². The highest BCUT2D eigenvalue weighted by Gasteiger charge is 2.31. The van der Waals surface area contributed by atoms with Crippen LogP contribution in [0.3, 0.4) is 0 Å². The lowest BCUT2D eigenvalue weighted by atomic mass is 10.1. The molecule has 3 aromatic rings. The van der Waals surface area contributed by atoms with Crippen molar-refractivity contribution >= 4 is 0 Å². The van der Waals surface area contributed by atoms with E-state index in [4.69, 9.17) is 5.10 Å². The Hall–Kier alpha value is -2.74. The summed E-state index contributed by atoms with van der Waals surface area (Å²) in [6.45, 7) is 6.72. The number of aromatic nitrogens is 4. The van der Waals surface area contributed by atoms with Crippen molar-refractivity contribution in [3.63, 3.8) is 0 Å². The van der Waals surface area contributed by atoms with Gasteiger partial charge in [-0.1, -0.05) is 6.07 Å². The van der Waals surface area contributed by atoms with Crippen LogP contribution >= 0.6 is 0 Å². The lowest BCUT2D eigenvalue weighted by molar-refractivity contribution is -0.137. The Kier molecular flexibility index (Phi) is 4.66. The number of hydrogen-bond acceptors (Lipinski definition) is 4. The van der Waals surface area contributed by atoms with Crippen molar-refractivity contribution in [3.8, 4) is 11.4 Å². The minimum absolute atomic E-state index is 0.501. The van der Waals surface area contributed by atoms with E-state index in [-0.39, 0.29) is 0 Å². The van der Waals surface area contributed by atoms with E-state index in [1.54, 1.807) is 6.20 Å². The van der Waals surface area contributed by atoms with E-state index in [2.05, 4.69) is 14.9 Å². The molecule has 0 radical (unpaired) electrons. The summed E-state index contributed by atoms with van der Waals surface area (Å²) in [5, 5.41) is 4.75. The molecule has 5 nitrogen and oxygen atoms in total. The van der Waals surface area contributed by atoms with Crippen LogP contribution in [0.25, 0.3) is 11.4 Å². The van der Waals surface area contributed by atoms with Gasteiger partial charge in [-0.25, -0.2) is 0 Å². The SMILES string of the molecule is Cc1cccnc1-c1nn2c(c1C)CN(Cc1ccc(C(F)(F)F)cn1)CC2. The monoisotopic (exact) mass is 387 g/mol. The van der Waals surface area contributed by atoms with Gasteiger partial charge in [-0.15, -0.1) is 0 Å². The van der Waals surface area contributed by atoms with Gasteiger partial charge in [0.25, 0.3) is 0 Å². The highest BCUT2D eigenvalue weighted by molar-refractivity contribution is 5.63. The molecule has 8 heteroatoms. The molecule has 146 valence electrons. The molecule has 0 saturated heterocycles. The van der Waals surface area contributed by atoms with E-state index in [1.165, 1.54) is 6.07 Å². The van der Waals surface area contributed by atoms with E-state index in [0.29, 0.717) is 18.8 Å². The summed E-state index contributed by atoms with van der Waals surface area (Å²) >= 11 is 0. The summed E-state index contributed by atoms with van der Waals surface area (Å²) in [5.41, 5.74) is 4.95. The number of fused-ring (bicyclic) bond motifs is 1. The Balaban J connectivity index is 1.53. The van der Waals surface area contributed by atoms with Crippen LogP contribution < -0.4 is 0 Å². The first kappa shape index (κ1) is 18.6. The molecule has 0 spiro atoms. The largest absolute Gasteiger partial charge is 0.417 e. The van der Waals surface area contributed by atoms with Crippen molar-refractivity contribution in [1.82, 2.24) is 24.6 Å². The lowest BCUT2D eigenvalue weighted by Gasteiger charge is -2.27. The quantitative estimate of drug-likeness (QED) is 0.682. The fraction of sp³-hybridized carbons (Fsp3) is 0.350. The van der Waals surface area contributed by atoms with Crippen LogP contribution in [-0.2, 0) is 25.8 Å². The fourth-order valence-corrected chi connectivity index (χ4v) is 3.51. The highest BCUT2D eigenvalue weighted by atomic mass is 19.4. The summed E-state index contributed by atoms with van der Waals surface area (Å²) in [5.74, 6) is 0. The Morgan fingerprint density at radius 2 is 1.86 bits per heavy atom. The van der Waals surface area contributed by atoms with Crippen LogP contribution in [0.5, 0.6) is 0 Å². The second-order valence-electron chi connectivity index (χ2n) is 7.06. The molecule has 28 heavy (non-hydrogen) atoms. The first-order valence-corrected chi connectivity index (χ1v) is 9.05. The van der Waals surface area contributed by atoms with Gasteiger partial charge in [-0.3, -0.25) is 19.5 Å². The predicted molar refractivity (Wildman–Crippen MR) is 98.3 cm³/mol. The summed E-state index contributed by atoms with van der Waals surface area (Å²) in [7, 11) is 0. The molecule has 1 aliphatic rings. The second-order valence-corrected chi connectivity index (χ2v) is 7.06. The van der Waals surface area contributed by atoms with Crippen molar-refractivity contribution in [1.29, 1.82) is 0 Å². The topological polar surface area (TPSA) is 46.8 Å². The van der Waals surface area contributed by atoms with E-state index < -0.39 is 11.7 Å². The minimum atomic E-state index is -4.36. The van der Waals surface area contributed by atoms with E-state index in [0.717, 1.165) is 53.6 Å². The third kappa shape index (κ3) is 3.52. The predicted octanol–water partition coefficient (Wildman–Crippen LogP) is 3.99. The number of aryl methyl sites for hydroxylation is 1. The molecular weight excluding hydrogens is 367 g/mol. The second kappa shape index (κ2) is 7.01. The van der Waals surface area contributed by atoms with Gasteiger partial charge in [-0.05, 0) is 37.6 Å². The van der Waals surface area contributed by atoms with Crippen LogP contribution in [0.1, 0.15) is 28.1 Å². The normalized spacial score (nSPS) is 14.9. The van der Waals surface area contributed by atoms with Crippen LogP contribution in [0.4, 0.5) is 13.2 Å². The summed E-state index contributed by atoms with van der Waals surface area (Å²) < 4.78 is 40.1. The Bertz CT molecular complexity index is 992. The van der Waals surface area contributed by atoms with Crippen LogP contribution in [0.15, 0.2) is 36.7 Å². The molecule has 0 fully saturated rings. The fourth-order valence-electron chi connectivity index (χ4n) is 3.51. The van der Waals surface area contributed by atoms with Gasteiger partial charge in [-0.2, -0.15) is 18.3 Å². The first-order chi connectivity index (χ1) is 13.3. The van der Waals surface area contributed by atoms with Crippen molar-refractivity contribution in [2.45, 2.75) is 39.7 Å². The summed E-state index contributed by atoms with van der Waals surface area (Å²) in [6.07, 6.45) is -1.69. The van der Waals surface area contributed by atoms with Crippen molar-refractivity contribution in [3.05, 3.63) is 64.7 Å². The first-order valence-electron chi connectivity index (χ1n) is 9.05. The number of hydrogen-bond donors (Lipinski definition) is 0. The summed E-state index contributed by atoms with van der Waals surface area (Å²) in [4.78, 5) is 10.6. The smallest absolute Gasteiger partial charge is 0.290 e. The zero-order valence-electron chi connectivity index (χ0n) is 15.7. The maximum Gasteiger partial charge on any atom is 0.417 e. The number of alkyl halides is 3. The maximum absolute atomic E-state index is 12.7. The third-order valence-electron chi connectivity index (χ3n) is 5.09. The highest BCUT2D eigenvalue weighted by Crippen LogP contribution is 2.30. The molecular formula is C20H20F3N5. The number of rotatable bonds is 3. The van der Waals surface area contributed by atoms with Crippen LogP contribution in [0.2, 0.25) is 0 Å². The molecule has 0 amide bonds. The molecule has 0 aliphatic carbocycles. The van der Waals surface area contributed by atoms with Gasteiger partial charge in [0.05, 0.1) is 29.2 Å². The van der Waals surface area contributed by atoms with Gasteiger partial charge >= 0.3 is 6.18 Å². The van der Waals surface area contributed by atoms with Crippen LogP contribution in [0, 0.1) is 13.8 Å². The minimum Gasteiger partial charge on any atom is -0.290 e. The average molecular weight is 387 g/mol. The number of pyridine rings is 2. The lowest BCUT2D eigenvalue weighted by Crippen LogP contribution is -2.34. The van der Waals surface area contributed by atoms with Crippen molar-refractivity contribution < 1.29 is 13.2 Å². The van der Waals surface area contributed by atoms with Gasteiger partial charge in [0.1, 0.15) is 5.69 Å². The van der Waals surface area contributed by atoms with E-state index in [9.17, 15) is 13.2 Å². The van der Waals surface area contributed by atoms with Gasteiger partial charge in [0, 0.05) is 37.6 Å². The number of halogens is 3. The third-order valence-corrected chi connectivity index (χ3v) is 5.09.